The van der Waals surface area contributed by atoms with Gasteiger partial charge in [-0.15, -0.1) is 10.2 Å². The minimum Gasteiger partial charge on any atom is -0.349 e. The molecule has 0 bridgehead atoms. The lowest BCUT2D eigenvalue weighted by Crippen LogP contribution is -2.24. The van der Waals surface area contributed by atoms with E-state index in [-0.39, 0.29) is 12.5 Å². The van der Waals surface area contributed by atoms with Gasteiger partial charge in [0.1, 0.15) is 0 Å². The predicted molar refractivity (Wildman–Crippen MR) is 131 cm³/mol. The monoisotopic (exact) mass is 491 g/mol. The van der Waals surface area contributed by atoms with E-state index in [4.69, 9.17) is 28.9 Å². The first-order valence-corrected chi connectivity index (χ1v) is 12.3. The number of nitrogens with one attached hydrogen (secondary N) is 1. The minimum atomic E-state index is -0.0206. The smallest absolute Gasteiger partial charge is 0.220 e. The molecule has 0 saturated heterocycles. The zero-order valence-corrected chi connectivity index (χ0v) is 20.3. The van der Waals surface area contributed by atoms with Gasteiger partial charge < -0.3 is 11.1 Å². The number of nitrogens with zero attached hydrogens (tertiary/aromatic N) is 3. The second-order valence-electron chi connectivity index (χ2n) is 7.48. The van der Waals surface area contributed by atoms with E-state index in [2.05, 4.69) is 40.6 Å². The molecule has 3 N–H and O–H groups in total. The van der Waals surface area contributed by atoms with Crippen molar-refractivity contribution in [3.63, 3.8) is 0 Å². The first-order chi connectivity index (χ1) is 15.5. The molecule has 3 aromatic rings. The summed E-state index contributed by atoms with van der Waals surface area (Å²) in [5, 5.41) is 13.4. The van der Waals surface area contributed by atoms with Crippen LogP contribution in [0.1, 0.15) is 42.6 Å². The molecule has 0 unspecified atom stereocenters. The van der Waals surface area contributed by atoms with Crippen LogP contribution in [0.5, 0.6) is 0 Å². The van der Waals surface area contributed by atoms with Gasteiger partial charge in [0.05, 0.1) is 17.3 Å². The standard InChI is InChI=1S/C23H27Cl2N5OS/c1-16-6-5-7-17(12-16)15-32-23-29-28-21(14-27-22(31)8-3-2-4-11-26)30(23)20-10-9-18(24)13-19(20)25/h5-7,9-10,12-13H,2-4,8,11,14-15,26H2,1H3,(H,27,31). The number of aryl methyl sites for hydroxylation is 1. The molecule has 0 aliphatic heterocycles. The first-order valence-electron chi connectivity index (χ1n) is 10.5. The molecular weight excluding hydrogens is 465 g/mol. The van der Waals surface area contributed by atoms with Crippen LogP contribution in [0.25, 0.3) is 5.69 Å². The summed E-state index contributed by atoms with van der Waals surface area (Å²) in [6.07, 6.45) is 3.15. The largest absolute Gasteiger partial charge is 0.349 e. The Morgan fingerprint density at radius 1 is 1.12 bits per heavy atom. The third kappa shape index (κ3) is 6.97. The van der Waals surface area contributed by atoms with Crippen LogP contribution in [0.15, 0.2) is 47.6 Å². The number of halogens is 2. The van der Waals surface area contributed by atoms with Gasteiger partial charge in [-0.25, -0.2) is 0 Å². The van der Waals surface area contributed by atoms with Crippen LogP contribution < -0.4 is 11.1 Å². The average molecular weight is 492 g/mol. The maximum absolute atomic E-state index is 12.2. The third-order valence-corrected chi connectivity index (χ3v) is 6.39. The van der Waals surface area contributed by atoms with Gasteiger partial charge in [0.2, 0.25) is 5.91 Å². The summed E-state index contributed by atoms with van der Waals surface area (Å²) in [6, 6.07) is 13.6. The van der Waals surface area contributed by atoms with Gasteiger partial charge in [-0.1, -0.05) is 71.2 Å². The van der Waals surface area contributed by atoms with Gasteiger partial charge >= 0.3 is 0 Å². The van der Waals surface area contributed by atoms with Gasteiger partial charge in [0, 0.05) is 17.2 Å². The lowest BCUT2D eigenvalue weighted by Gasteiger charge is -2.13. The van der Waals surface area contributed by atoms with E-state index in [9.17, 15) is 4.79 Å². The summed E-state index contributed by atoms with van der Waals surface area (Å²) >= 11 is 14.2. The van der Waals surface area contributed by atoms with Crippen LogP contribution in [0.2, 0.25) is 10.0 Å². The highest BCUT2D eigenvalue weighted by atomic mass is 35.5. The van der Waals surface area contributed by atoms with Crippen molar-refractivity contribution in [1.82, 2.24) is 20.1 Å². The van der Waals surface area contributed by atoms with E-state index in [1.807, 2.05) is 16.7 Å². The first kappa shape index (κ1) is 24.6. The number of carbonyl (C=O) groups excluding carboxylic acids is 1. The second-order valence-corrected chi connectivity index (χ2v) is 9.27. The Balaban J connectivity index is 1.78. The Kier molecular flexibility index (Phi) is 9.41. The lowest BCUT2D eigenvalue weighted by molar-refractivity contribution is -0.121. The molecule has 0 saturated carbocycles. The molecular formula is C23H27Cl2N5OS. The van der Waals surface area contributed by atoms with Crippen LogP contribution >= 0.6 is 35.0 Å². The fraction of sp³-hybridized carbons (Fsp3) is 0.348. The van der Waals surface area contributed by atoms with Crippen LogP contribution in [0.3, 0.4) is 0 Å². The number of hydrogen-bond donors (Lipinski definition) is 2. The highest BCUT2D eigenvalue weighted by Crippen LogP contribution is 2.30. The number of benzene rings is 2. The zero-order chi connectivity index (χ0) is 22.9. The Morgan fingerprint density at radius 2 is 1.97 bits per heavy atom. The number of rotatable bonds is 11. The third-order valence-electron chi connectivity index (χ3n) is 4.85. The highest BCUT2D eigenvalue weighted by molar-refractivity contribution is 7.98. The Labute approximate surface area is 202 Å². The van der Waals surface area contributed by atoms with E-state index in [0.717, 1.165) is 30.7 Å². The number of hydrogen-bond acceptors (Lipinski definition) is 5. The van der Waals surface area contributed by atoms with E-state index < -0.39 is 0 Å². The molecule has 6 nitrogen and oxygen atoms in total. The highest BCUT2D eigenvalue weighted by Gasteiger charge is 2.18. The predicted octanol–water partition coefficient (Wildman–Crippen LogP) is 5.31. The number of unbranched alkanes of at least 4 members (excludes halogenated alkanes) is 2. The van der Waals surface area contributed by atoms with Crippen molar-refractivity contribution in [2.45, 2.75) is 50.1 Å². The van der Waals surface area contributed by atoms with Crippen molar-refractivity contribution in [2.24, 2.45) is 5.73 Å². The van der Waals surface area contributed by atoms with E-state index >= 15 is 0 Å². The summed E-state index contributed by atoms with van der Waals surface area (Å²) in [4.78, 5) is 12.2. The fourth-order valence-corrected chi connectivity index (χ4v) is 4.64. The molecule has 32 heavy (non-hydrogen) atoms. The van der Waals surface area contributed by atoms with Gasteiger partial charge in [-0.05, 0) is 50.1 Å². The number of thioether (sulfide) groups is 1. The van der Waals surface area contributed by atoms with E-state index in [0.29, 0.717) is 34.0 Å². The average Bonchev–Trinajstić information content (AvgIpc) is 3.16. The van der Waals surface area contributed by atoms with Crippen molar-refractivity contribution < 1.29 is 4.79 Å². The maximum atomic E-state index is 12.2. The number of nitrogens with two attached hydrogens (primary N) is 1. The fourth-order valence-electron chi connectivity index (χ4n) is 3.24. The quantitative estimate of drug-likeness (QED) is 0.280. The summed E-state index contributed by atoms with van der Waals surface area (Å²) in [7, 11) is 0. The van der Waals surface area contributed by atoms with Crippen molar-refractivity contribution >= 4 is 40.9 Å². The maximum Gasteiger partial charge on any atom is 0.220 e. The molecule has 1 amide bonds. The molecule has 0 aliphatic carbocycles. The second kappa shape index (κ2) is 12.3. The van der Waals surface area contributed by atoms with Crippen LogP contribution in [-0.4, -0.2) is 27.2 Å². The van der Waals surface area contributed by atoms with Crippen LogP contribution in [-0.2, 0) is 17.1 Å². The molecule has 0 atom stereocenters. The van der Waals surface area contributed by atoms with Gasteiger partial charge in [-0.2, -0.15) is 0 Å². The summed E-state index contributed by atoms with van der Waals surface area (Å²) < 4.78 is 1.88. The number of amides is 1. The van der Waals surface area contributed by atoms with Gasteiger partial charge in [-0.3, -0.25) is 9.36 Å². The Hall–Kier alpha value is -2.06. The zero-order valence-electron chi connectivity index (χ0n) is 18.0. The summed E-state index contributed by atoms with van der Waals surface area (Å²) in [6.45, 7) is 2.98. The summed E-state index contributed by atoms with van der Waals surface area (Å²) in [5.41, 5.74) is 8.63. The molecule has 2 aromatic carbocycles. The molecule has 1 heterocycles. The van der Waals surface area contributed by atoms with E-state index in [1.54, 1.807) is 23.9 Å². The topological polar surface area (TPSA) is 85.8 Å². The Bertz CT molecular complexity index is 1060. The van der Waals surface area contributed by atoms with Crippen molar-refractivity contribution in [3.8, 4) is 5.69 Å². The number of carbonyl (C=O) groups is 1. The summed E-state index contributed by atoms with van der Waals surface area (Å²) in [5.74, 6) is 1.32. The van der Waals surface area contributed by atoms with Crippen molar-refractivity contribution in [1.29, 1.82) is 0 Å². The van der Waals surface area contributed by atoms with Gasteiger partial charge in [0.25, 0.3) is 0 Å². The molecule has 170 valence electrons. The molecule has 0 spiro atoms. The van der Waals surface area contributed by atoms with Crippen molar-refractivity contribution in [2.75, 3.05) is 6.54 Å². The molecule has 0 aliphatic rings. The van der Waals surface area contributed by atoms with E-state index in [1.165, 1.54) is 11.1 Å². The number of aromatic nitrogens is 3. The van der Waals surface area contributed by atoms with Crippen LogP contribution in [0, 0.1) is 6.92 Å². The molecule has 0 radical (unpaired) electrons. The molecule has 1 aromatic heterocycles. The minimum absolute atomic E-state index is 0.0206. The van der Waals surface area contributed by atoms with Gasteiger partial charge in [0.15, 0.2) is 11.0 Å². The normalized spacial score (nSPS) is 11.0. The van der Waals surface area contributed by atoms with Crippen molar-refractivity contribution in [3.05, 3.63) is 69.5 Å². The Morgan fingerprint density at radius 3 is 2.72 bits per heavy atom. The molecule has 0 fully saturated rings. The lowest BCUT2D eigenvalue weighted by atomic mass is 10.2. The van der Waals surface area contributed by atoms with Crippen LogP contribution in [0.4, 0.5) is 0 Å². The SMILES string of the molecule is Cc1cccc(CSc2nnc(CNC(=O)CCCCCN)n2-c2ccc(Cl)cc2Cl)c1. The molecule has 3 rings (SSSR count). The molecule has 9 heteroatoms.